The van der Waals surface area contributed by atoms with E-state index < -0.39 is 0 Å². The zero-order valence-corrected chi connectivity index (χ0v) is 10.5. The summed E-state index contributed by atoms with van der Waals surface area (Å²) in [5.41, 5.74) is 7.60. The fourth-order valence-electron chi connectivity index (χ4n) is 2.81. The summed E-state index contributed by atoms with van der Waals surface area (Å²) in [4.78, 5) is 0. The molecular weight excluding hydrogens is 222 g/mol. The lowest BCUT2D eigenvalue weighted by molar-refractivity contribution is 0.0984. The quantitative estimate of drug-likeness (QED) is 0.893. The van der Waals surface area contributed by atoms with Crippen LogP contribution >= 0.6 is 0 Å². The predicted octanol–water partition coefficient (Wildman–Crippen LogP) is 3.41. The molecule has 0 aromatic heterocycles. The molecule has 1 heterocycles. The Hall–Kier alpha value is -1.38. The molecule has 0 saturated carbocycles. The molecule has 3 rings (SSSR count). The summed E-state index contributed by atoms with van der Waals surface area (Å²) in [5, 5.41) is 2.53. The van der Waals surface area contributed by atoms with Crippen molar-refractivity contribution in [1.29, 1.82) is 0 Å². The molecule has 0 spiro atoms. The summed E-state index contributed by atoms with van der Waals surface area (Å²) < 4.78 is 5.68. The van der Waals surface area contributed by atoms with Crippen LogP contribution in [0.4, 0.5) is 0 Å². The summed E-state index contributed by atoms with van der Waals surface area (Å²) in [6.45, 7) is 0.896. The Labute approximate surface area is 108 Å². The van der Waals surface area contributed by atoms with Crippen molar-refractivity contribution in [3.8, 4) is 0 Å². The van der Waals surface area contributed by atoms with Crippen LogP contribution in [-0.4, -0.2) is 12.7 Å². The molecule has 1 aliphatic heterocycles. The summed E-state index contributed by atoms with van der Waals surface area (Å²) >= 11 is 0. The van der Waals surface area contributed by atoms with Crippen LogP contribution in [0.25, 0.3) is 10.8 Å². The maximum Gasteiger partial charge on any atom is 0.0594 e. The molecule has 2 atom stereocenters. The van der Waals surface area contributed by atoms with Gasteiger partial charge in [-0.05, 0) is 35.6 Å². The van der Waals surface area contributed by atoms with E-state index in [1.54, 1.807) is 0 Å². The van der Waals surface area contributed by atoms with E-state index in [1.165, 1.54) is 22.8 Å². The van der Waals surface area contributed by atoms with Crippen molar-refractivity contribution in [1.82, 2.24) is 0 Å². The molecular formula is C16H19NO. The summed E-state index contributed by atoms with van der Waals surface area (Å²) in [7, 11) is 0. The Morgan fingerprint density at radius 3 is 2.83 bits per heavy atom. The third-order valence-electron chi connectivity index (χ3n) is 3.76. The van der Waals surface area contributed by atoms with Crippen LogP contribution in [0.5, 0.6) is 0 Å². The SMILES string of the molecule is NC(CC1CCCO1)c1cccc2ccccc12. The van der Waals surface area contributed by atoms with E-state index in [1.807, 2.05) is 0 Å². The van der Waals surface area contributed by atoms with Crippen LogP contribution in [0.3, 0.4) is 0 Å². The molecule has 0 bridgehead atoms. The summed E-state index contributed by atoms with van der Waals surface area (Å²) in [6, 6.07) is 14.9. The van der Waals surface area contributed by atoms with Crippen molar-refractivity contribution in [3.05, 3.63) is 48.0 Å². The van der Waals surface area contributed by atoms with Crippen LogP contribution in [-0.2, 0) is 4.74 Å². The molecule has 2 heteroatoms. The van der Waals surface area contributed by atoms with Gasteiger partial charge in [-0.25, -0.2) is 0 Å². The molecule has 1 fully saturated rings. The molecule has 2 aromatic rings. The normalized spacial score (nSPS) is 21.3. The third-order valence-corrected chi connectivity index (χ3v) is 3.76. The molecule has 94 valence electrons. The highest BCUT2D eigenvalue weighted by Crippen LogP contribution is 2.28. The van der Waals surface area contributed by atoms with Gasteiger partial charge in [0.1, 0.15) is 0 Å². The first kappa shape index (κ1) is 11.7. The molecule has 0 amide bonds. The summed E-state index contributed by atoms with van der Waals surface area (Å²) in [6.07, 6.45) is 3.60. The first-order valence-corrected chi connectivity index (χ1v) is 6.69. The average Bonchev–Trinajstić information content (AvgIpc) is 2.91. The van der Waals surface area contributed by atoms with Gasteiger partial charge in [-0.1, -0.05) is 42.5 Å². The van der Waals surface area contributed by atoms with Gasteiger partial charge in [0.25, 0.3) is 0 Å². The number of nitrogens with two attached hydrogens (primary N) is 1. The second kappa shape index (κ2) is 5.09. The molecule has 0 radical (unpaired) electrons. The predicted molar refractivity (Wildman–Crippen MR) is 74.5 cm³/mol. The maximum absolute atomic E-state index is 6.36. The van der Waals surface area contributed by atoms with Gasteiger partial charge in [0.15, 0.2) is 0 Å². The minimum Gasteiger partial charge on any atom is -0.378 e. The lowest BCUT2D eigenvalue weighted by Crippen LogP contribution is -2.18. The van der Waals surface area contributed by atoms with Gasteiger partial charge in [-0.2, -0.15) is 0 Å². The molecule has 2 nitrogen and oxygen atoms in total. The molecule has 18 heavy (non-hydrogen) atoms. The fraction of sp³-hybridized carbons (Fsp3) is 0.375. The van der Waals surface area contributed by atoms with Crippen molar-refractivity contribution in [3.63, 3.8) is 0 Å². The van der Waals surface area contributed by atoms with Gasteiger partial charge in [0.2, 0.25) is 0 Å². The number of ether oxygens (including phenoxy) is 1. The molecule has 2 N–H and O–H groups in total. The minimum atomic E-state index is 0.0687. The van der Waals surface area contributed by atoms with Crippen LogP contribution in [0.2, 0.25) is 0 Å². The standard InChI is InChI=1S/C16H19NO/c17-16(11-13-7-4-10-18-13)15-9-3-6-12-5-1-2-8-14(12)15/h1-3,5-6,8-9,13,16H,4,7,10-11,17H2. The fourth-order valence-corrected chi connectivity index (χ4v) is 2.81. The molecule has 1 saturated heterocycles. The van der Waals surface area contributed by atoms with Crippen molar-refractivity contribution >= 4 is 10.8 Å². The first-order valence-electron chi connectivity index (χ1n) is 6.69. The Balaban J connectivity index is 1.88. The second-order valence-electron chi connectivity index (χ2n) is 5.05. The average molecular weight is 241 g/mol. The molecule has 1 aliphatic rings. The largest absolute Gasteiger partial charge is 0.378 e. The Kier molecular flexibility index (Phi) is 3.31. The van der Waals surface area contributed by atoms with Gasteiger partial charge in [-0.15, -0.1) is 0 Å². The first-order chi connectivity index (χ1) is 8.84. The van der Waals surface area contributed by atoms with Crippen LogP contribution in [0, 0.1) is 0 Å². The van der Waals surface area contributed by atoms with Crippen molar-refractivity contribution in [2.24, 2.45) is 5.73 Å². The van der Waals surface area contributed by atoms with Crippen LogP contribution in [0.15, 0.2) is 42.5 Å². The van der Waals surface area contributed by atoms with Crippen molar-refractivity contribution in [2.75, 3.05) is 6.61 Å². The van der Waals surface area contributed by atoms with E-state index in [4.69, 9.17) is 10.5 Å². The number of benzene rings is 2. The van der Waals surface area contributed by atoms with Crippen molar-refractivity contribution in [2.45, 2.75) is 31.4 Å². The minimum absolute atomic E-state index is 0.0687. The van der Waals surface area contributed by atoms with E-state index in [0.29, 0.717) is 6.10 Å². The van der Waals surface area contributed by atoms with E-state index in [2.05, 4.69) is 42.5 Å². The van der Waals surface area contributed by atoms with Gasteiger partial charge in [-0.3, -0.25) is 0 Å². The Morgan fingerprint density at radius 1 is 1.17 bits per heavy atom. The highest BCUT2D eigenvalue weighted by molar-refractivity contribution is 5.86. The summed E-state index contributed by atoms with van der Waals surface area (Å²) in [5.74, 6) is 0. The van der Waals surface area contributed by atoms with Gasteiger partial charge < -0.3 is 10.5 Å². The highest BCUT2D eigenvalue weighted by Gasteiger charge is 2.20. The molecule has 2 aromatic carbocycles. The topological polar surface area (TPSA) is 35.2 Å². The number of hydrogen-bond acceptors (Lipinski definition) is 2. The number of fused-ring (bicyclic) bond motifs is 1. The number of hydrogen-bond donors (Lipinski definition) is 1. The number of rotatable bonds is 3. The van der Waals surface area contributed by atoms with E-state index >= 15 is 0 Å². The zero-order valence-electron chi connectivity index (χ0n) is 10.5. The Bertz CT molecular complexity index is 526. The Morgan fingerprint density at radius 2 is 2.00 bits per heavy atom. The van der Waals surface area contributed by atoms with Crippen LogP contribution in [0.1, 0.15) is 30.9 Å². The molecule has 0 aliphatic carbocycles. The lowest BCUT2D eigenvalue weighted by Gasteiger charge is -2.18. The molecule has 2 unspecified atom stereocenters. The third kappa shape index (κ3) is 2.26. The second-order valence-corrected chi connectivity index (χ2v) is 5.05. The van der Waals surface area contributed by atoms with Gasteiger partial charge >= 0.3 is 0 Å². The lowest BCUT2D eigenvalue weighted by atomic mass is 9.95. The van der Waals surface area contributed by atoms with Crippen LogP contribution < -0.4 is 5.73 Å². The van der Waals surface area contributed by atoms with E-state index in [0.717, 1.165) is 19.4 Å². The van der Waals surface area contributed by atoms with Gasteiger partial charge in [0.05, 0.1) is 6.10 Å². The van der Waals surface area contributed by atoms with E-state index in [-0.39, 0.29) is 6.04 Å². The zero-order chi connectivity index (χ0) is 12.4. The van der Waals surface area contributed by atoms with Crippen molar-refractivity contribution < 1.29 is 4.74 Å². The highest BCUT2D eigenvalue weighted by atomic mass is 16.5. The smallest absolute Gasteiger partial charge is 0.0594 e. The van der Waals surface area contributed by atoms with E-state index in [9.17, 15) is 0 Å². The monoisotopic (exact) mass is 241 g/mol. The maximum atomic E-state index is 6.36. The van der Waals surface area contributed by atoms with Gasteiger partial charge in [0, 0.05) is 12.6 Å².